The largest absolute Gasteiger partial charge is 0.475 e. The number of aromatic nitrogens is 1. The van der Waals surface area contributed by atoms with Gasteiger partial charge in [-0.1, -0.05) is 6.07 Å². The maximum absolute atomic E-state index is 12.1. The maximum atomic E-state index is 12.1. The minimum atomic E-state index is -3.04. The second-order valence-corrected chi connectivity index (χ2v) is 7.68. The van der Waals surface area contributed by atoms with Gasteiger partial charge in [-0.25, -0.2) is 13.4 Å². The predicted molar refractivity (Wildman–Crippen MR) is 79.1 cm³/mol. The van der Waals surface area contributed by atoms with E-state index in [1.807, 2.05) is 13.8 Å². The molecule has 0 bridgehead atoms. The first-order valence-electron chi connectivity index (χ1n) is 7.01. The van der Waals surface area contributed by atoms with Crippen LogP contribution in [0.25, 0.3) is 0 Å². The number of ether oxygens (including phenoxy) is 1. The summed E-state index contributed by atoms with van der Waals surface area (Å²) in [6.45, 7) is 3.75. The number of amides is 1. The van der Waals surface area contributed by atoms with Crippen LogP contribution < -0.4 is 10.1 Å². The van der Waals surface area contributed by atoms with Crippen molar-refractivity contribution in [2.75, 3.05) is 11.5 Å². The topological polar surface area (TPSA) is 85.4 Å². The molecule has 1 atom stereocenters. The van der Waals surface area contributed by atoms with Crippen LogP contribution in [0.15, 0.2) is 18.2 Å². The number of nitrogens with one attached hydrogen (secondary N) is 1. The van der Waals surface area contributed by atoms with Crippen molar-refractivity contribution in [1.82, 2.24) is 10.3 Å². The number of sulfone groups is 1. The summed E-state index contributed by atoms with van der Waals surface area (Å²) in [5, 5.41) is 2.74. The standard InChI is InChI=1S/C14H20N2O4S/c1-10(2)20-13-7-3-6-12(16-13)14(17)15-11-5-4-8-21(18,19)9-11/h3,6-7,10-11H,4-5,8-9H2,1-2H3,(H,15,17). The molecule has 1 aliphatic rings. The number of hydrogen-bond donors (Lipinski definition) is 1. The van der Waals surface area contributed by atoms with E-state index in [4.69, 9.17) is 4.74 Å². The summed E-state index contributed by atoms with van der Waals surface area (Å²) in [6, 6.07) is 4.62. The Morgan fingerprint density at radius 2 is 2.19 bits per heavy atom. The molecular formula is C14H20N2O4S. The van der Waals surface area contributed by atoms with Gasteiger partial charge in [0.1, 0.15) is 5.69 Å². The van der Waals surface area contributed by atoms with Crippen molar-refractivity contribution < 1.29 is 17.9 Å². The van der Waals surface area contributed by atoms with E-state index < -0.39 is 9.84 Å². The summed E-state index contributed by atoms with van der Waals surface area (Å²) >= 11 is 0. The minimum Gasteiger partial charge on any atom is -0.475 e. The van der Waals surface area contributed by atoms with E-state index in [-0.39, 0.29) is 35.3 Å². The number of carbonyl (C=O) groups is 1. The molecule has 1 fully saturated rings. The first-order valence-corrected chi connectivity index (χ1v) is 8.83. The fourth-order valence-electron chi connectivity index (χ4n) is 2.24. The third kappa shape index (κ3) is 4.70. The van der Waals surface area contributed by atoms with E-state index in [1.165, 1.54) is 0 Å². The van der Waals surface area contributed by atoms with E-state index >= 15 is 0 Å². The van der Waals surface area contributed by atoms with Gasteiger partial charge in [-0.15, -0.1) is 0 Å². The molecule has 0 saturated carbocycles. The van der Waals surface area contributed by atoms with Gasteiger partial charge in [0, 0.05) is 12.1 Å². The fraction of sp³-hybridized carbons (Fsp3) is 0.571. The van der Waals surface area contributed by atoms with Crippen molar-refractivity contribution >= 4 is 15.7 Å². The molecule has 1 unspecified atom stereocenters. The summed E-state index contributed by atoms with van der Waals surface area (Å²) in [6.07, 6.45) is 1.23. The fourth-order valence-corrected chi connectivity index (χ4v) is 3.88. The zero-order chi connectivity index (χ0) is 15.5. The van der Waals surface area contributed by atoms with Gasteiger partial charge in [0.05, 0.1) is 17.6 Å². The van der Waals surface area contributed by atoms with Crippen LogP contribution in [0.2, 0.25) is 0 Å². The van der Waals surface area contributed by atoms with Gasteiger partial charge in [0.15, 0.2) is 9.84 Å². The molecule has 0 aromatic carbocycles. The highest BCUT2D eigenvalue weighted by molar-refractivity contribution is 7.91. The Kier molecular flexibility index (Phi) is 4.82. The molecule has 1 saturated heterocycles. The molecule has 2 rings (SSSR count). The monoisotopic (exact) mass is 312 g/mol. The van der Waals surface area contributed by atoms with Crippen molar-refractivity contribution in [1.29, 1.82) is 0 Å². The van der Waals surface area contributed by atoms with Crippen molar-refractivity contribution in [3.05, 3.63) is 23.9 Å². The number of hydrogen-bond acceptors (Lipinski definition) is 5. The lowest BCUT2D eigenvalue weighted by Gasteiger charge is -2.22. The average Bonchev–Trinajstić information content (AvgIpc) is 2.37. The van der Waals surface area contributed by atoms with Gasteiger partial charge >= 0.3 is 0 Å². The smallest absolute Gasteiger partial charge is 0.270 e. The molecule has 2 heterocycles. The van der Waals surface area contributed by atoms with Crippen LogP contribution >= 0.6 is 0 Å². The Morgan fingerprint density at radius 1 is 1.43 bits per heavy atom. The Labute approximate surface area is 124 Å². The number of carbonyl (C=O) groups excluding carboxylic acids is 1. The van der Waals surface area contributed by atoms with Crippen LogP contribution in [0.4, 0.5) is 0 Å². The van der Waals surface area contributed by atoms with E-state index in [9.17, 15) is 13.2 Å². The van der Waals surface area contributed by atoms with E-state index in [1.54, 1.807) is 18.2 Å². The molecule has 0 aliphatic carbocycles. The number of pyridine rings is 1. The highest BCUT2D eigenvalue weighted by Crippen LogP contribution is 2.14. The van der Waals surface area contributed by atoms with Gasteiger partial charge in [0.2, 0.25) is 5.88 Å². The van der Waals surface area contributed by atoms with E-state index in [0.717, 1.165) is 0 Å². The molecule has 0 radical (unpaired) electrons. The van der Waals surface area contributed by atoms with Crippen LogP contribution in [-0.4, -0.2) is 43.0 Å². The highest BCUT2D eigenvalue weighted by atomic mass is 32.2. The number of rotatable bonds is 4. The first kappa shape index (κ1) is 15.8. The van der Waals surface area contributed by atoms with Crippen LogP contribution in [0, 0.1) is 0 Å². The lowest BCUT2D eigenvalue weighted by atomic mass is 10.2. The normalized spacial score (nSPS) is 21.0. The Hall–Kier alpha value is -1.63. The predicted octanol–water partition coefficient (Wildman–Crippen LogP) is 1.18. The van der Waals surface area contributed by atoms with Crippen LogP contribution in [0.3, 0.4) is 0 Å². The zero-order valence-corrected chi connectivity index (χ0v) is 13.0. The third-order valence-corrected chi connectivity index (χ3v) is 4.93. The van der Waals surface area contributed by atoms with Gasteiger partial charge in [-0.3, -0.25) is 4.79 Å². The summed E-state index contributed by atoms with van der Waals surface area (Å²) in [5.41, 5.74) is 0.233. The summed E-state index contributed by atoms with van der Waals surface area (Å²) in [5.74, 6) is 0.219. The second-order valence-electron chi connectivity index (χ2n) is 5.45. The molecule has 0 spiro atoms. The summed E-state index contributed by atoms with van der Waals surface area (Å²) < 4.78 is 28.6. The third-order valence-electron chi connectivity index (χ3n) is 3.11. The molecular weight excluding hydrogens is 292 g/mol. The Morgan fingerprint density at radius 3 is 2.86 bits per heavy atom. The molecule has 7 heteroatoms. The quantitative estimate of drug-likeness (QED) is 0.902. The van der Waals surface area contributed by atoms with Crippen molar-refractivity contribution in [3.8, 4) is 5.88 Å². The van der Waals surface area contributed by atoms with Crippen LogP contribution in [0.5, 0.6) is 5.88 Å². The van der Waals surface area contributed by atoms with Gasteiger partial charge < -0.3 is 10.1 Å². The summed E-state index contributed by atoms with van der Waals surface area (Å²) in [7, 11) is -3.04. The molecule has 1 aliphatic heterocycles. The lowest BCUT2D eigenvalue weighted by Crippen LogP contribution is -2.43. The molecule has 21 heavy (non-hydrogen) atoms. The second kappa shape index (κ2) is 6.43. The minimum absolute atomic E-state index is 0.000917. The molecule has 1 amide bonds. The number of nitrogens with zero attached hydrogens (tertiary/aromatic N) is 1. The van der Waals surface area contributed by atoms with Gasteiger partial charge in [-0.05, 0) is 32.8 Å². The molecule has 1 aromatic rings. The van der Waals surface area contributed by atoms with E-state index in [0.29, 0.717) is 18.7 Å². The molecule has 116 valence electrons. The molecule has 6 nitrogen and oxygen atoms in total. The summed E-state index contributed by atoms with van der Waals surface area (Å²) in [4.78, 5) is 16.3. The van der Waals surface area contributed by atoms with Gasteiger partial charge in [-0.2, -0.15) is 0 Å². The van der Waals surface area contributed by atoms with Gasteiger partial charge in [0.25, 0.3) is 5.91 Å². The average molecular weight is 312 g/mol. The van der Waals surface area contributed by atoms with Crippen molar-refractivity contribution in [2.45, 2.75) is 38.8 Å². The molecule has 1 N–H and O–H groups in total. The lowest BCUT2D eigenvalue weighted by molar-refractivity contribution is 0.0931. The van der Waals surface area contributed by atoms with Crippen molar-refractivity contribution in [2.24, 2.45) is 0 Å². The highest BCUT2D eigenvalue weighted by Gasteiger charge is 2.26. The first-order chi connectivity index (χ1) is 9.85. The Balaban J connectivity index is 2.03. The van der Waals surface area contributed by atoms with Crippen LogP contribution in [-0.2, 0) is 9.84 Å². The Bertz CT molecular complexity index is 613. The SMILES string of the molecule is CC(C)Oc1cccc(C(=O)NC2CCCS(=O)(=O)C2)n1. The maximum Gasteiger partial charge on any atom is 0.270 e. The zero-order valence-electron chi connectivity index (χ0n) is 12.2. The van der Waals surface area contributed by atoms with Crippen molar-refractivity contribution in [3.63, 3.8) is 0 Å². The molecule has 1 aromatic heterocycles. The van der Waals surface area contributed by atoms with Crippen LogP contribution in [0.1, 0.15) is 37.2 Å². The van der Waals surface area contributed by atoms with E-state index in [2.05, 4.69) is 10.3 Å².